The molecule has 0 spiro atoms. The first-order chi connectivity index (χ1) is 9.74. The number of hydrazone groups is 1. The van der Waals surface area contributed by atoms with Gasteiger partial charge in [-0.15, -0.1) is 0 Å². The molecule has 0 aromatic heterocycles. The van der Waals surface area contributed by atoms with Gasteiger partial charge in [0.25, 0.3) is 6.43 Å². The fourth-order valence-corrected chi connectivity index (χ4v) is 1.54. The molecule has 2 aromatic rings. The Morgan fingerprint density at radius 3 is 2.65 bits per heavy atom. The molecular formula is C15H14F2N2O. The van der Waals surface area contributed by atoms with E-state index in [0.29, 0.717) is 5.75 Å². The van der Waals surface area contributed by atoms with Crippen molar-refractivity contribution in [3.63, 3.8) is 0 Å². The monoisotopic (exact) mass is 276 g/mol. The third-order valence-electron chi connectivity index (χ3n) is 2.42. The lowest BCUT2D eigenvalue weighted by Crippen LogP contribution is -2.07. The van der Waals surface area contributed by atoms with Crippen LogP contribution in [0.3, 0.4) is 0 Å². The predicted molar refractivity (Wildman–Crippen MR) is 75.6 cm³/mol. The van der Waals surface area contributed by atoms with Gasteiger partial charge in [-0.1, -0.05) is 30.3 Å². The zero-order valence-corrected chi connectivity index (χ0v) is 10.7. The molecular weight excluding hydrogens is 262 g/mol. The van der Waals surface area contributed by atoms with Crippen LogP contribution in [-0.4, -0.2) is 19.2 Å². The number of anilines is 1. The van der Waals surface area contributed by atoms with Crippen LogP contribution in [0, 0.1) is 0 Å². The zero-order chi connectivity index (χ0) is 14.2. The number of hydrogen-bond donors (Lipinski definition) is 1. The molecule has 0 bridgehead atoms. The Morgan fingerprint density at radius 2 is 1.90 bits per heavy atom. The van der Waals surface area contributed by atoms with Crippen molar-refractivity contribution in [2.75, 3.05) is 12.0 Å². The second kappa shape index (κ2) is 7.23. The molecule has 0 saturated carbocycles. The average Bonchev–Trinajstić information content (AvgIpc) is 2.47. The minimum absolute atomic E-state index is 0.397. The lowest BCUT2D eigenvalue weighted by Gasteiger charge is -2.05. The van der Waals surface area contributed by atoms with Gasteiger partial charge in [-0.25, -0.2) is 8.78 Å². The van der Waals surface area contributed by atoms with E-state index in [1.54, 1.807) is 24.4 Å². The fraction of sp³-hybridized carbons (Fsp3) is 0.133. The van der Waals surface area contributed by atoms with Gasteiger partial charge in [0, 0.05) is 0 Å². The van der Waals surface area contributed by atoms with Gasteiger partial charge in [-0.2, -0.15) is 5.10 Å². The van der Waals surface area contributed by atoms with Crippen LogP contribution in [0.1, 0.15) is 5.56 Å². The standard InChI is InChI=1S/C15H14F2N2O/c16-15(17)11-20-14-8-4-5-12(9-14)10-18-19-13-6-2-1-3-7-13/h1-10,15,19H,11H2. The maximum atomic E-state index is 12.1. The van der Waals surface area contributed by atoms with Crippen LogP contribution in [-0.2, 0) is 0 Å². The van der Waals surface area contributed by atoms with Gasteiger partial charge in [0.2, 0.25) is 0 Å². The Morgan fingerprint density at radius 1 is 1.10 bits per heavy atom. The van der Waals surface area contributed by atoms with Gasteiger partial charge >= 0.3 is 0 Å². The Labute approximate surface area is 115 Å². The number of rotatable bonds is 6. The Balaban J connectivity index is 1.93. The van der Waals surface area contributed by atoms with Crippen molar-refractivity contribution in [3.8, 4) is 5.75 Å². The highest BCUT2D eigenvalue weighted by atomic mass is 19.3. The summed E-state index contributed by atoms with van der Waals surface area (Å²) in [5.74, 6) is 0.397. The molecule has 1 N–H and O–H groups in total. The first-order valence-corrected chi connectivity index (χ1v) is 6.09. The smallest absolute Gasteiger partial charge is 0.272 e. The van der Waals surface area contributed by atoms with E-state index in [-0.39, 0.29) is 0 Å². The van der Waals surface area contributed by atoms with Crippen molar-refractivity contribution in [1.29, 1.82) is 0 Å². The molecule has 0 amide bonds. The highest BCUT2D eigenvalue weighted by Crippen LogP contribution is 2.13. The third kappa shape index (κ3) is 4.68. The highest BCUT2D eigenvalue weighted by Gasteiger charge is 2.03. The lowest BCUT2D eigenvalue weighted by molar-refractivity contribution is 0.0819. The van der Waals surface area contributed by atoms with Crippen molar-refractivity contribution < 1.29 is 13.5 Å². The van der Waals surface area contributed by atoms with Gasteiger partial charge in [0.1, 0.15) is 12.4 Å². The van der Waals surface area contributed by atoms with E-state index in [9.17, 15) is 8.78 Å². The summed E-state index contributed by atoms with van der Waals surface area (Å²) in [5.41, 5.74) is 4.50. The number of hydrogen-bond acceptors (Lipinski definition) is 3. The molecule has 0 saturated heterocycles. The summed E-state index contributed by atoms with van der Waals surface area (Å²) >= 11 is 0. The van der Waals surface area contributed by atoms with Gasteiger partial charge in [-0.05, 0) is 29.8 Å². The molecule has 0 aliphatic rings. The molecule has 2 aromatic carbocycles. The molecule has 0 radical (unpaired) electrons. The largest absolute Gasteiger partial charge is 0.488 e. The summed E-state index contributed by atoms with van der Waals surface area (Å²) in [5, 5.41) is 4.07. The van der Waals surface area contributed by atoms with Crippen LogP contribution in [0.4, 0.5) is 14.5 Å². The van der Waals surface area contributed by atoms with Crippen LogP contribution >= 0.6 is 0 Å². The minimum Gasteiger partial charge on any atom is -0.488 e. The van der Waals surface area contributed by atoms with Crippen molar-refractivity contribution in [2.45, 2.75) is 6.43 Å². The van der Waals surface area contributed by atoms with Crippen LogP contribution < -0.4 is 10.2 Å². The summed E-state index contributed by atoms with van der Waals surface area (Å²) in [6.45, 7) is -0.608. The molecule has 0 aliphatic heterocycles. The van der Waals surface area contributed by atoms with Crippen LogP contribution in [0.2, 0.25) is 0 Å². The normalized spacial score (nSPS) is 10.9. The number of ether oxygens (including phenoxy) is 1. The molecule has 20 heavy (non-hydrogen) atoms. The summed E-state index contributed by atoms with van der Waals surface area (Å²) in [6, 6.07) is 16.3. The van der Waals surface area contributed by atoms with E-state index in [2.05, 4.69) is 10.5 Å². The summed E-state index contributed by atoms with van der Waals surface area (Å²) in [6.07, 6.45) is -0.880. The minimum atomic E-state index is -2.48. The van der Waals surface area contributed by atoms with Crippen molar-refractivity contribution in [2.24, 2.45) is 5.10 Å². The van der Waals surface area contributed by atoms with Crippen molar-refractivity contribution in [3.05, 3.63) is 60.2 Å². The summed E-state index contributed by atoms with van der Waals surface area (Å²) < 4.78 is 29.0. The first kappa shape index (κ1) is 14.0. The Hall–Kier alpha value is -2.43. The average molecular weight is 276 g/mol. The Kier molecular flexibility index (Phi) is 5.06. The molecule has 5 heteroatoms. The number of nitrogens with zero attached hydrogens (tertiary/aromatic N) is 1. The molecule has 104 valence electrons. The maximum Gasteiger partial charge on any atom is 0.272 e. The van der Waals surface area contributed by atoms with Crippen LogP contribution in [0.15, 0.2) is 59.7 Å². The lowest BCUT2D eigenvalue weighted by atomic mass is 10.2. The SMILES string of the molecule is FC(F)COc1cccc(C=NNc2ccccc2)c1. The second-order valence-electron chi connectivity index (χ2n) is 4.01. The summed E-state index contributed by atoms with van der Waals surface area (Å²) in [7, 11) is 0. The molecule has 0 unspecified atom stereocenters. The molecule has 2 rings (SSSR count). The van der Waals surface area contributed by atoms with Gasteiger partial charge < -0.3 is 4.74 Å². The molecule has 0 heterocycles. The Bertz CT molecular complexity index is 559. The van der Waals surface area contributed by atoms with Gasteiger partial charge in [0.15, 0.2) is 0 Å². The van der Waals surface area contributed by atoms with Crippen LogP contribution in [0.5, 0.6) is 5.75 Å². The fourth-order valence-electron chi connectivity index (χ4n) is 1.54. The van der Waals surface area contributed by atoms with E-state index in [0.717, 1.165) is 11.3 Å². The number of nitrogens with one attached hydrogen (secondary N) is 1. The first-order valence-electron chi connectivity index (χ1n) is 6.09. The quantitative estimate of drug-likeness (QED) is 0.643. The van der Waals surface area contributed by atoms with Crippen molar-refractivity contribution >= 4 is 11.9 Å². The van der Waals surface area contributed by atoms with Gasteiger partial charge in [0.05, 0.1) is 11.9 Å². The van der Waals surface area contributed by atoms with E-state index >= 15 is 0 Å². The van der Waals surface area contributed by atoms with E-state index < -0.39 is 13.0 Å². The topological polar surface area (TPSA) is 33.6 Å². The highest BCUT2D eigenvalue weighted by molar-refractivity contribution is 5.80. The number of alkyl halides is 2. The van der Waals surface area contributed by atoms with Crippen molar-refractivity contribution in [1.82, 2.24) is 0 Å². The third-order valence-corrected chi connectivity index (χ3v) is 2.42. The van der Waals surface area contributed by atoms with E-state index in [1.807, 2.05) is 36.4 Å². The molecule has 0 fully saturated rings. The molecule has 0 atom stereocenters. The maximum absolute atomic E-state index is 12.1. The molecule has 3 nitrogen and oxygen atoms in total. The predicted octanol–water partition coefficient (Wildman–Crippen LogP) is 3.78. The second-order valence-corrected chi connectivity index (χ2v) is 4.01. The zero-order valence-electron chi connectivity index (χ0n) is 10.7. The van der Waals surface area contributed by atoms with E-state index in [1.165, 1.54) is 0 Å². The number of benzene rings is 2. The van der Waals surface area contributed by atoms with Gasteiger partial charge in [-0.3, -0.25) is 5.43 Å². The summed E-state index contributed by atoms with van der Waals surface area (Å²) in [4.78, 5) is 0. The molecule has 0 aliphatic carbocycles. The van der Waals surface area contributed by atoms with E-state index in [4.69, 9.17) is 4.74 Å². The van der Waals surface area contributed by atoms with Crippen LogP contribution in [0.25, 0.3) is 0 Å². The number of halogens is 2. The number of para-hydroxylation sites is 1.